The van der Waals surface area contributed by atoms with E-state index in [1.807, 2.05) is 25.1 Å². The van der Waals surface area contributed by atoms with Gasteiger partial charge in [-0.3, -0.25) is 14.6 Å². The van der Waals surface area contributed by atoms with Crippen LogP contribution < -0.4 is 5.32 Å². The number of aryl methyl sites for hydroxylation is 1. The maximum atomic E-state index is 12.0. The average molecular weight is 275 g/mol. The quantitative estimate of drug-likeness (QED) is 0.788. The Bertz CT molecular complexity index is 461. The summed E-state index contributed by atoms with van der Waals surface area (Å²) in [6.45, 7) is 3.81. The molecule has 0 radical (unpaired) electrons. The molecule has 2 heterocycles. The minimum atomic E-state index is -0.183. The summed E-state index contributed by atoms with van der Waals surface area (Å²) in [6.07, 6.45) is 3.84. The van der Waals surface area contributed by atoms with Gasteiger partial charge >= 0.3 is 0 Å². The number of hydrogen-bond acceptors (Lipinski definition) is 3. The Balaban J connectivity index is 1.67. The molecule has 0 bridgehead atoms. The van der Waals surface area contributed by atoms with E-state index in [0.29, 0.717) is 26.1 Å². The van der Waals surface area contributed by atoms with Crippen molar-refractivity contribution in [3.8, 4) is 0 Å². The van der Waals surface area contributed by atoms with Gasteiger partial charge in [0.2, 0.25) is 11.8 Å². The van der Waals surface area contributed by atoms with Gasteiger partial charge in [0.25, 0.3) is 0 Å². The lowest BCUT2D eigenvalue weighted by molar-refractivity contribution is -0.128. The predicted molar refractivity (Wildman–Crippen MR) is 75.9 cm³/mol. The van der Waals surface area contributed by atoms with E-state index < -0.39 is 0 Å². The fourth-order valence-electron chi connectivity index (χ4n) is 2.42. The van der Waals surface area contributed by atoms with Gasteiger partial charge in [0.1, 0.15) is 0 Å². The molecule has 1 aromatic rings. The number of amides is 2. The Morgan fingerprint density at radius 1 is 1.50 bits per heavy atom. The van der Waals surface area contributed by atoms with Crippen LogP contribution in [0.4, 0.5) is 0 Å². The maximum Gasteiger partial charge on any atom is 0.225 e. The van der Waals surface area contributed by atoms with Gasteiger partial charge < -0.3 is 10.2 Å². The monoisotopic (exact) mass is 275 g/mol. The minimum Gasteiger partial charge on any atom is -0.356 e. The van der Waals surface area contributed by atoms with Crippen molar-refractivity contribution in [2.45, 2.75) is 26.2 Å². The molecule has 1 atom stereocenters. The molecule has 0 unspecified atom stereocenters. The molecule has 1 fully saturated rings. The van der Waals surface area contributed by atoms with Crippen LogP contribution in [0.3, 0.4) is 0 Å². The largest absolute Gasteiger partial charge is 0.356 e. The summed E-state index contributed by atoms with van der Waals surface area (Å²) >= 11 is 0. The molecule has 5 nitrogen and oxygen atoms in total. The van der Waals surface area contributed by atoms with E-state index in [1.54, 1.807) is 11.1 Å². The van der Waals surface area contributed by atoms with Crippen molar-refractivity contribution in [1.29, 1.82) is 0 Å². The predicted octanol–water partition coefficient (Wildman–Crippen LogP) is 0.999. The Hall–Kier alpha value is -1.91. The van der Waals surface area contributed by atoms with Gasteiger partial charge in [-0.25, -0.2) is 0 Å². The van der Waals surface area contributed by atoms with Crippen LogP contribution in [-0.2, 0) is 16.0 Å². The van der Waals surface area contributed by atoms with Gasteiger partial charge in [-0.05, 0) is 31.9 Å². The van der Waals surface area contributed by atoms with Gasteiger partial charge in [-0.1, -0.05) is 6.07 Å². The van der Waals surface area contributed by atoms with Crippen molar-refractivity contribution in [1.82, 2.24) is 15.2 Å². The third-order valence-electron chi connectivity index (χ3n) is 3.60. The molecule has 1 saturated heterocycles. The molecule has 1 N–H and O–H groups in total. The number of nitrogens with zero attached hydrogens (tertiary/aromatic N) is 2. The van der Waals surface area contributed by atoms with Crippen molar-refractivity contribution in [3.05, 3.63) is 30.1 Å². The van der Waals surface area contributed by atoms with Crippen LogP contribution in [0.5, 0.6) is 0 Å². The van der Waals surface area contributed by atoms with Crippen molar-refractivity contribution in [2.24, 2.45) is 5.92 Å². The highest BCUT2D eigenvalue weighted by Gasteiger charge is 2.32. The van der Waals surface area contributed by atoms with Crippen LogP contribution in [0.15, 0.2) is 24.4 Å². The first-order valence-electron chi connectivity index (χ1n) is 7.16. The summed E-state index contributed by atoms with van der Waals surface area (Å²) in [7, 11) is 0. The molecular weight excluding hydrogens is 254 g/mol. The third-order valence-corrected chi connectivity index (χ3v) is 3.60. The Morgan fingerprint density at radius 2 is 2.35 bits per heavy atom. The molecule has 0 aliphatic carbocycles. The number of carbonyl (C=O) groups is 2. The minimum absolute atomic E-state index is 0.00433. The van der Waals surface area contributed by atoms with Gasteiger partial charge in [0.05, 0.1) is 5.92 Å². The second-order valence-corrected chi connectivity index (χ2v) is 5.05. The molecule has 0 spiro atoms. The van der Waals surface area contributed by atoms with Crippen molar-refractivity contribution in [3.63, 3.8) is 0 Å². The molecular formula is C15H21N3O2. The number of carbonyl (C=O) groups excluding carboxylic acids is 2. The first kappa shape index (κ1) is 14.5. The first-order chi connectivity index (χ1) is 9.70. The van der Waals surface area contributed by atoms with E-state index in [2.05, 4.69) is 10.3 Å². The van der Waals surface area contributed by atoms with Crippen LogP contribution in [0.25, 0.3) is 0 Å². The topological polar surface area (TPSA) is 62.3 Å². The van der Waals surface area contributed by atoms with E-state index in [1.165, 1.54) is 0 Å². The molecule has 0 aromatic carbocycles. The van der Waals surface area contributed by atoms with Gasteiger partial charge in [-0.15, -0.1) is 0 Å². The highest BCUT2D eigenvalue weighted by atomic mass is 16.2. The molecule has 108 valence electrons. The van der Waals surface area contributed by atoms with Crippen LogP contribution >= 0.6 is 0 Å². The van der Waals surface area contributed by atoms with Crippen LogP contribution in [0.2, 0.25) is 0 Å². The molecule has 0 saturated carbocycles. The second-order valence-electron chi connectivity index (χ2n) is 5.05. The summed E-state index contributed by atoms with van der Waals surface area (Å²) in [5.41, 5.74) is 1.04. The Morgan fingerprint density at radius 3 is 3.00 bits per heavy atom. The molecule has 1 aliphatic rings. The fraction of sp³-hybridized carbons (Fsp3) is 0.533. The zero-order valence-corrected chi connectivity index (χ0v) is 11.8. The highest BCUT2D eigenvalue weighted by molar-refractivity contribution is 5.89. The van der Waals surface area contributed by atoms with Gasteiger partial charge in [0, 0.05) is 37.9 Å². The molecule has 2 amide bonds. The summed E-state index contributed by atoms with van der Waals surface area (Å²) in [5, 5.41) is 2.91. The Kier molecular flexibility index (Phi) is 5.09. The first-order valence-corrected chi connectivity index (χ1v) is 7.16. The smallest absolute Gasteiger partial charge is 0.225 e. The molecule has 20 heavy (non-hydrogen) atoms. The van der Waals surface area contributed by atoms with E-state index >= 15 is 0 Å². The zero-order valence-electron chi connectivity index (χ0n) is 11.8. The van der Waals surface area contributed by atoms with Crippen LogP contribution in [0.1, 0.15) is 25.5 Å². The SMILES string of the molecule is CCN1C[C@@H](C(=O)NCCCc2ccccn2)CC1=O. The van der Waals surface area contributed by atoms with Gasteiger partial charge in [0.15, 0.2) is 0 Å². The maximum absolute atomic E-state index is 12.0. The summed E-state index contributed by atoms with van der Waals surface area (Å²) < 4.78 is 0. The Labute approximate surface area is 119 Å². The molecule has 1 aromatic heterocycles. The van der Waals surface area contributed by atoms with E-state index in [4.69, 9.17) is 0 Å². The zero-order chi connectivity index (χ0) is 14.4. The van der Waals surface area contributed by atoms with Crippen molar-refractivity contribution >= 4 is 11.8 Å². The van der Waals surface area contributed by atoms with Crippen LogP contribution in [-0.4, -0.2) is 41.3 Å². The van der Waals surface area contributed by atoms with Crippen molar-refractivity contribution < 1.29 is 9.59 Å². The number of rotatable bonds is 6. The second kappa shape index (κ2) is 7.03. The van der Waals surface area contributed by atoms with Crippen molar-refractivity contribution in [2.75, 3.05) is 19.6 Å². The lowest BCUT2D eigenvalue weighted by atomic mass is 10.1. The molecule has 5 heteroatoms. The third kappa shape index (κ3) is 3.79. The summed E-state index contributed by atoms with van der Waals surface area (Å²) in [6, 6.07) is 5.84. The number of pyridine rings is 1. The molecule has 2 rings (SSSR count). The number of hydrogen-bond donors (Lipinski definition) is 1. The van der Waals surface area contributed by atoms with E-state index in [0.717, 1.165) is 18.5 Å². The van der Waals surface area contributed by atoms with Crippen LogP contribution in [0, 0.1) is 5.92 Å². The summed E-state index contributed by atoms with van der Waals surface area (Å²) in [5.74, 6) is -0.103. The lowest BCUT2D eigenvalue weighted by Crippen LogP contribution is -2.33. The summed E-state index contributed by atoms with van der Waals surface area (Å²) in [4.78, 5) is 29.5. The average Bonchev–Trinajstić information content (AvgIpc) is 2.86. The van der Waals surface area contributed by atoms with E-state index in [9.17, 15) is 9.59 Å². The lowest BCUT2D eigenvalue weighted by Gasteiger charge is -2.13. The fourth-order valence-corrected chi connectivity index (χ4v) is 2.42. The van der Waals surface area contributed by atoms with Gasteiger partial charge in [-0.2, -0.15) is 0 Å². The molecule has 1 aliphatic heterocycles. The number of aromatic nitrogens is 1. The highest BCUT2D eigenvalue weighted by Crippen LogP contribution is 2.17. The number of likely N-dealkylation sites (tertiary alicyclic amines) is 1. The standard InChI is InChI=1S/C15H21N3O2/c1-2-18-11-12(10-14(18)19)15(20)17-9-5-7-13-6-3-4-8-16-13/h3-4,6,8,12H,2,5,7,9-11H2,1H3,(H,17,20)/t12-/m0/s1. The normalized spacial score (nSPS) is 18.4. The number of nitrogens with one attached hydrogen (secondary N) is 1. The van der Waals surface area contributed by atoms with E-state index in [-0.39, 0.29) is 17.7 Å².